The Kier molecular flexibility index (Phi) is 63.7. The second kappa shape index (κ2) is 66.8. The van der Waals surface area contributed by atoms with Gasteiger partial charge in [-0.3, -0.25) is 14.4 Å². The summed E-state index contributed by atoms with van der Waals surface area (Å²) in [6.07, 6.45) is 89.9. The second-order valence-electron chi connectivity index (χ2n) is 22.4. The minimum absolute atomic E-state index is 0.0812. The van der Waals surface area contributed by atoms with Gasteiger partial charge in [0.05, 0.1) is 0 Å². The van der Waals surface area contributed by atoms with Crippen molar-refractivity contribution in [1.29, 1.82) is 0 Å². The molecule has 0 radical (unpaired) electrons. The van der Waals surface area contributed by atoms with Gasteiger partial charge in [-0.25, -0.2) is 0 Å². The Morgan fingerprint density at radius 3 is 0.785 bits per heavy atom. The SMILES string of the molecule is CC/C=C\C/C=C\C/C=C\C/C=C\C/C=C\C/C=C\C/C=C\CCCCCCCC(=O)OCC(COC(=O)CCCCCCCCCCCCC)OC(=O)CCCCCCCCCCCCC/C=C\CCCCCCCCCC. The van der Waals surface area contributed by atoms with E-state index in [0.717, 1.165) is 122 Å². The molecule has 0 aliphatic carbocycles. The van der Waals surface area contributed by atoms with E-state index in [1.807, 2.05) is 0 Å². The number of esters is 3. The molecule has 1 unspecified atom stereocenters. The molecule has 0 aliphatic heterocycles. The molecule has 0 rings (SSSR count). The second-order valence-corrected chi connectivity index (χ2v) is 22.4. The molecule has 0 aliphatic rings. The van der Waals surface area contributed by atoms with Crippen LogP contribution in [0.2, 0.25) is 0 Å². The van der Waals surface area contributed by atoms with Crippen LogP contribution in [0.4, 0.5) is 0 Å². The van der Waals surface area contributed by atoms with Crippen LogP contribution in [-0.4, -0.2) is 37.2 Å². The zero-order valence-corrected chi connectivity index (χ0v) is 52.1. The molecule has 0 fully saturated rings. The molecule has 0 saturated carbocycles. The normalized spacial score (nSPS) is 12.7. The van der Waals surface area contributed by atoms with Crippen molar-refractivity contribution in [2.75, 3.05) is 13.2 Å². The van der Waals surface area contributed by atoms with Crippen molar-refractivity contribution < 1.29 is 28.6 Å². The smallest absolute Gasteiger partial charge is 0.306 e. The van der Waals surface area contributed by atoms with Crippen molar-refractivity contribution in [3.8, 4) is 0 Å². The number of rotatable bonds is 61. The van der Waals surface area contributed by atoms with Crippen LogP contribution in [0.5, 0.6) is 0 Å². The molecule has 0 amide bonds. The molecular weight excluding hydrogens is 973 g/mol. The van der Waals surface area contributed by atoms with Gasteiger partial charge in [-0.15, -0.1) is 0 Å². The maximum absolute atomic E-state index is 12.9. The first kappa shape index (κ1) is 75.3. The highest BCUT2D eigenvalue weighted by Gasteiger charge is 2.19. The lowest BCUT2D eigenvalue weighted by Crippen LogP contribution is -2.30. The zero-order valence-electron chi connectivity index (χ0n) is 52.1. The quantitative estimate of drug-likeness (QED) is 0.0261. The number of unbranched alkanes of at least 4 members (excludes halogenated alkanes) is 34. The van der Waals surface area contributed by atoms with Crippen molar-refractivity contribution in [2.24, 2.45) is 0 Å². The Morgan fingerprint density at radius 2 is 0.494 bits per heavy atom. The van der Waals surface area contributed by atoms with Crippen molar-refractivity contribution in [2.45, 2.75) is 335 Å². The Bertz CT molecular complexity index is 1540. The van der Waals surface area contributed by atoms with E-state index in [1.54, 1.807) is 0 Å². The fourth-order valence-corrected chi connectivity index (χ4v) is 9.54. The molecule has 0 N–H and O–H groups in total. The highest BCUT2D eigenvalue weighted by atomic mass is 16.6. The molecule has 0 aromatic rings. The topological polar surface area (TPSA) is 78.9 Å². The van der Waals surface area contributed by atoms with Crippen LogP contribution in [0, 0.1) is 0 Å². The summed E-state index contributed by atoms with van der Waals surface area (Å²) in [4.78, 5) is 38.3. The third kappa shape index (κ3) is 65.0. The summed E-state index contributed by atoms with van der Waals surface area (Å²) in [5.74, 6) is -0.890. The van der Waals surface area contributed by atoms with Crippen molar-refractivity contribution >= 4 is 17.9 Å². The van der Waals surface area contributed by atoms with Crippen LogP contribution in [-0.2, 0) is 28.6 Å². The summed E-state index contributed by atoms with van der Waals surface area (Å²) in [6, 6.07) is 0. The molecule has 454 valence electrons. The molecule has 0 heterocycles. The third-order valence-corrected chi connectivity index (χ3v) is 14.6. The van der Waals surface area contributed by atoms with E-state index in [1.165, 1.54) is 167 Å². The zero-order chi connectivity index (χ0) is 57.1. The van der Waals surface area contributed by atoms with Gasteiger partial charge in [0.15, 0.2) is 6.10 Å². The van der Waals surface area contributed by atoms with Crippen LogP contribution < -0.4 is 0 Å². The molecular formula is C73H126O6. The number of ether oxygens (including phenoxy) is 3. The number of allylic oxidation sites excluding steroid dienone is 16. The highest BCUT2D eigenvalue weighted by Crippen LogP contribution is 2.17. The maximum atomic E-state index is 12.9. The summed E-state index contributed by atoms with van der Waals surface area (Å²) >= 11 is 0. The van der Waals surface area contributed by atoms with Gasteiger partial charge in [-0.1, -0.05) is 304 Å². The van der Waals surface area contributed by atoms with Crippen LogP contribution in [0.3, 0.4) is 0 Å². The van der Waals surface area contributed by atoms with Crippen molar-refractivity contribution in [3.63, 3.8) is 0 Å². The van der Waals surface area contributed by atoms with E-state index >= 15 is 0 Å². The maximum Gasteiger partial charge on any atom is 0.306 e. The van der Waals surface area contributed by atoms with Crippen LogP contribution in [0.1, 0.15) is 329 Å². The van der Waals surface area contributed by atoms with Gasteiger partial charge in [-0.2, -0.15) is 0 Å². The minimum Gasteiger partial charge on any atom is -0.462 e. The average molecular weight is 1100 g/mol. The van der Waals surface area contributed by atoms with E-state index in [0.29, 0.717) is 19.3 Å². The predicted molar refractivity (Wildman–Crippen MR) is 344 cm³/mol. The first-order valence-electron chi connectivity index (χ1n) is 33.7. The van der Waals surface area contributed by atoms with Gasteiger partial charge >= 0.3 is 17.9 Å². The lowest BCUT2D eigenvalue weighted by atomic mass is 10.0. The minimum atomic E-state index is -0.786. The summed E-state index contributed by atoms with van der Waals surface area (Å²) < 4.78 is 16.9. The third-order valence-electron chi connectivity index (χ3n) is 14.6. The van der Waals surface area contributed by atoms with Crippen LogP contribution in [0.25, 0.3) is 0 Å². The summed E-state index contributed by atoms with van der Waals surface area (Å²) in [6.45, 7) is 6.54. The Balaban J connectivity index is 4.31. The van der Waals surface area contributed by atoms with Gasteiger partial charge in [-0.05, 0) is 103 Å². The molecule has 6 nitrogen and oxygen atoms in total. The molecule has 79 heavy (non-hydrogen) atoms. The molecule has 0 spiro atoms. The number of hydrogen-bond donors (Lipinski definition) is 0. The van der Waals surface area contributed by atoms with E-state index in [4.69, 9.17) is 14.2 Å². The van der Waals surface area contributed by atoms with E-state index in [9.17, 15) is 14.4 Å². The fraction of sp³-hybridized carbons (Fsp3) is 0.740. The standard InChI is InChI=1S/C73H126O6/c1-4-7-10-13-16-19-22-24-26-28-30-32-34-35-36-37-39-40-42-44-46-48-51-54-57-60-63-66-72(75)78-69-70(68-77-71(74)65-62-59-56-53-50-21-18-15-12-9-6-3)79-73(76)67-64-61-58-55-52-49-47-45-43-41-38-33-31-29-27-25-23-20-17-14-11-8-5-2/h7,10,16,19,24,26,29-32,35-36,39-40,44,46,70H,4-6,8-9,11-15,17-18,20-23,25,27-28,33-34,37-38,41-43,45,47-69H2,1-3H3/b10-7-,19-16-,26-24-,31-29-,32-30-,36-35-,40-39-,46-44-. The van der Waals surface area contributed by atoms with Gasteiger partial charge in [0.25, 0.3) is 0 Å². The number of carbonyl (C=O) groups excluding carboxylic acids is 3. The average Bonchev–Trinajstić information content (AvgIpc) is 3.45. The summed E-state index contributed by atoms with van der Waals surface area (Å²) in [7, 11) is 0. The Morgan fingerprint density at radius 1 is 0.266 bits per heavy atom. The van der Waals surface area contributed by atoms with E-state index in [-0.39, 0.29) is 31.1 Å². The largest absolute Gasteiger partial charge is 0.462 e. The predicted octanol–water partition coefficient (Wildman–Crippen LogP) is 23.2. The van der Waals surface area contributed by atoms with Crippen LogP contribution >= 0.6 is 0 Å². The summed E-state index contributed by atoms with van der Waals surface area (Å²) in [5.41, 5.74) is 0. The van der Waals surface area contributed by atoms with E-state index < -0.39 is 6.10 Å². The van der Waals surface area contributed by atoms with Gasteiger partial charge in [0.1, 0.15) is 13.2 Å². The van der Waals surface area contributed by atoms with Gasteiger partial charge < -0.3 is 14.2 Å². The molecule has 0 bridgehead atoms. The Labute approximate surface area is 489 Å². The number of hydrogen-bond acceptors (Lipinski definition) is 6. The number of carbonyl (C=O) groups is 3. The Hall–Kier alpha value is -3.67. The summed E-state index contributed by atoms with van der Waals surface area (Å²) in [5, 5.41) is 0. The van der Waals surface area contributed by atoms with Gasteiger partial charge in [0, 0.05) is 19.3 Å². The van der Waals surface area contributed by atoms with Crippen molar-refractivity contribution in [3.05, 3.63) is 97.2 Å². The molecule has 0 aromatic carbocycles. The van der Waals surface area contributed by atoms with Crippen LogP contribution in [0.15, 0.2) is 97.2 Å². The lowest BCUT2D eigenvalue weighted by Gasteiger charge is -2.18. The van der Waals surface area contributed by atoms with Crippen molar-refractivity contribution in [1.82, 2.24) is 0 Å². The molecule has 1 atom stereocenters. The molecule has 6 heteroatoms. The first-order chi connectivity index (χ1) is 39.0. The first-order valence-corrected chi connectivity index (χ1v) is 33.7. The fourth-order valence-electron chi connectivity index (χ4n) is 9.54. The monoisotopic (exact) mass is 1100 g/mol. The molecule has 0 saturated heterocycles. The highest BCUT2D eigenvalue weighted by molar-refractivity contribution is 5.71. The molecule has 0 aromatic heterocycles. The van der Waals surface area contributed by atoms with Gasteiger partial charge in [0.2, 0.25) is 0 Å². The van der Waals surface area contributed by atoms with E-state index in [2.05, 4.69) is 118 Å². The lowest BCUT2D eigenvalue weighted by molar-refractivity contribution is -0.167.